The molecule has 0 atom stereocenters. The van der Waals surface area contributed by atoms with Gasteiger partial charge in [-0.1, -0.05) is 103 Å². The van der Waals surface area contributed by atoms with Gasteiger partial charge in [-0.2, -0.15) is 15.8 Å². The lowest BCUT2D eigenvalue weighted by Gasteiger charge is -2.21. The van der Waals surface area contributed by atoms with E-state index in [2.05, 4.69) is 47.0 Å². The Labute approximate surface area is 317 Å². The molecule has 0 bridgehead atoms. The van der Waals surface area contributed by atoms with Gasteiger partial charge < -0.3 is 4.57 Å². The van der Waals surface area contributed by atoms with Crippen molar-refractivity contribution < 1.29 is 0 Å². The van der Waals surface area contributed by atoms with Crippen molar-refractivity contribution in [3.8, 4) is 80.1 Å². The molecule has 0 unspecified atom stereocenters. The molecule has 0 amide bonds. The molecular weight excluding hydrogens is 673 g/mol. The molecule has 2 heterocycles. The van der Waals surface area contributed by atoms with Crippen LogP contribution in [0.4, 0.5) is 0 Å². The van der Waals surface area contributed by atoms with E-state index >= 15 is 0 Å². The first kappa shape index (κ1) is 32.8. The summed E-state index contributed by atoms with van der Waals surface area (Å²) < 4.78 is 2.26. The van der Waals surface area contributed by atoms with Crippen molar-refractivity contribution >= 4 is 21.8 Å². The topological polar surface area (TPSA) is 102 Å². The number of fused-ring (bicyclic) bond motifs is 3. The lowest BCUT2D eigenvalue weighted by Crippen LogP contribution is -2.03. The maximum Gasteiger partial charge on any atom is 0.160 e. The minimum atomic E-state index is 0.553. The summed E-state index contributed by atoms with van der Waals surface area (Å²) in [5.74, 6) is 0.553. The maximum absolute atomic E-state index is 9.87. The van der Waals surface area contributed by atoms with Crippen molar-refractivity contribution in [2.24, 2.45) is 0 Å². The van der Waals surface area contributed by atoms with E-state index in [9.17, 15) is 15.8 Å². The molecule has 0 spiro atoms. The molecule has 9 aromatic rings. The van der Waals surface area contributed by atoms with Crippen LogP contribution in [0, 0.1) is 34.0 Å². The highest BCUT2D eigenvalue weighted by Gasteiger charge is 2.23. The monoisotopic (exact) mass is 700 g/mol. The Bertz CT molecular complexity index is 2900. The van der Waals surface area contributed by atoms with Crippen LogP contribution in [0.5, 0.6) is 0 Å². The van der Waals surface area contributed by atoms with E-state index in [1.165, 1.54) is 0 Å². The molecular formula is C49H28N6. The molecule has 0 saturated carbocycles. The normalized spacial score (nSPS) is 10.9. The Morgan fingerprint density at radius 1 is 0.382 bits per heavy atom. The van der Waals surface area contributed by atoms with Crippen LogP contribution < -0.4 is 0 Å². The molecule has 254 valence electrons. The summed E-state index contributed by atoms with van der Waals surface area (Å²) in [5.41, 5.74) is 12.4. The number of para-hydroxylation sites is 1. The third kappa shape index (κ3) is 5.95. The van der Waals surface area contributed by atoms with Gasteiger partial charge in [0.15, 0.2) is 5.82 Å². The first-order chi connectivity index (χ1) is 27.1. The highest BCUT2D eigenvalue weighted by Crippen LogP contribution is 2.44. The van der Waals surface area contributed by atoms with E-state index in [1.807, 2.05) is 146 Å². The first-order valence-electron chi connectivity index (χ1n) is 17.7. The first-order valence-corrected chi connectivity index (χ1v) is 17.7. The molecule has 9 rings (SSSR count). The van der Waals surface area contributed by atoms with Crippen LogP contribution in [0.2, 0.25) is 0 Å². The molecule has 0 saturated heterocycles. The van der Waals surface area contributed by atoms with Gasteiger partial charge in [0, 0.05) is 38.6 Å². The summed E-state index contributed by atoms with van der Waals surface area (Å²) in [7, 11) is 0. The Hall–Kier alpha value is -8.11. The lowest BCUT2D eigenvalue weighted by molar-refractivity contribution is 1.16. The summed E-state index contributed by atoms with van der Waals surface area (Å²) in [6, 6.07) is 62.6. The van der Waals surface area contributed by atoms with E-state index < -0.39 is 0 Å². The second-order valence-corrected chi connectivity index (χ2v) is 13.2. The Kier molecular flexibility index (Phi) is 8.22. The quantitative estimate of drug-likeness (QED) is 0.172. The molecule has 6 nitrogen and oxygen atoms in total. The van der Waals surface area contributed by atoms with E-state index in [1.54, 1.807) is 0 Å². The van der Waals surface area contributed by atoms with Crippen molar-refractivity contribution in [2.45, 2.75) is 0 Å². The summed E-state index contributed by atoms with van der Waals surface area (Å²) in [6.07, 6.45) is 0. The Morgan fingerprint density at radius 3 is 1.38 bits per heavy atom. The van der Waals surface area contributed by atoms with Gasteiger partial charge >= 0.3 is 0 Å². The zero-order chi connectivity index (χ0) is 37.3. The number of aromatic nitrogens is 3. The van der Waals surface area contributed by atoms with Crippen molar-refractivity contribution in [2.75, 3.05) is 0 Å². The molecule has 7 aromatic carbocycles. The van der Waals surface area contributed by atoms with Gasteiger partial charge in [-0.25, -0.2) is 9.97 Å². The zero-order valence-electron chi connectivity index (χ0n) is 29.3. The van der Waals surface area contributed by atoms with Crippen LogP contribution in [0.1, 0.15) is 16.7 Å². The maximum atomic E-state index is 9.87. The van der Waals surface area contributed by atoms with Crippen molar-refractivity contribution in [3.63, 3.8) is 0 Å². The molecule has 0 aliphatic heterocycles. The van der Waals surface area contributed by atoms with Gasteiger partial charge in [-0.05, 0) is 77.9 Å². The zero-order valence-corrected chi connectivity index (χ0v) is 29.3. The highest BCUT2D eigenvalue weighted by molar-refractivity contribution is 6.11. The second-order valence-electron chi connectivity index (χ2n) is 13.2. The molecule has 55 heavy (non-hydrogen) atoms. The number of hydrogen-bond donors (Lipinski definition) is 0. The lowest BCUT2D eigenvalue weighted by atomic mass is 9.91. The fourth-order valence-electron chi connectivity index (χ4n) is 7.27. The highest BCUT2D eigenvalue weighted by atomic mass is 15.0. The number of nitrogens with zero attached hydrogens (tertiary/aromatic N) is 6. The minimum absolute atomic E-state index is 0.553. The molecule has 0 aliphatic rings. The number of hydrogen-bond acceptors (Lipinski definition) is 5. The minimum Gasteiger partial charge on any atom is -0.308 e. The summed E-state index contributed by atoms with van der Waals surface area (Å²) >= 11 is 0. The molecule has 0 aliphatic carbocycles. The van der Waals surface area contributed by atoms with Crippen molar-refractivity contribution in [3.05, 3.63) is 187 Å². The van der Waals surface area contributed by atoms with Gasteiger partial charge in [0.25, 0.3) is 0 Å². The summed E-state index contributed by atoms with van der Waals surface area (Å²) in [5, 5.41) is 31.3. The predicted octanol–water partition coefficient (Wildman–Crippen LogP) is 11.5. The largest absolute Gasteiger partial charge is 0.308 e. The fraction of sp³-hybridized carbons (Fsp3) is 0. The average Bonchev–Trinajstić information content (AvgIpc) is 3.59. The smallest absolute Gasteiger partial charge is 0.160 e. The van der Waals surface area contributed by atoms with Crippen LogP contribution in [0.3, 0.4) is 0 Å². The molecule has 0 fully saturated rings. The molecule has 6 heteroatoms. The van der Waals surface area contributed by atoms with E-state index in [-0.39, 0.29) is 0 Å². The number of benzene rings is 7. The summed E-state index contributed by atoms with van der Waals surface area (Å²) in [4.78, 5) is 10.4. The summed E-state index contributed by atoms with van der Waals surface area (Å²) in [6.45, 7) is 0. The van der Waals surface area contributed by atoms with E-state index in [0.29, 0.717) is 22.5 Å². The third-order valence-electron chi connectivity index (χ3n) is 9.91. The standard InChI is InChI=1S/C49H28N6/c50-29-32-15-20-35(21-16-32)41-26-39(49-53-44(37-9-3-1-4-10-37)28-45(54-49)38-11-5-2-6-12-38)27-42(36-22-17-33(30-51)18-23-36)48(41)55-46-14-8-7-13-40(46)43-25-34(31-52)19-24-47(43)55/h1-28H. The van der Waals surface area contributed by atoms with Crippen LogP contribution in [-0.4, -0.2) is 14.5 Å². The van der Waals surface area contributed by atoms with Crippen LogP contribution >= 0.6 is 0 Å². The van der Waals surface area contributed by atoms with Crippen LogP contribution in [0.25, 0.3) is 83.6 Å². The van der Waals surface area contributed by atoms with E-state index in [4.69, 9.17) is 9.97 Å². The molecule has 2 aromatic heterocycles. The van der Waals surface area contributed by atoms with Crippen molar-refractivity contribution in [1.82, 2.24) is 14.5 Å². The predicted molar refractivity (Wildman–Crippen MR) is 218 cm³/mol. The van der Waals surface area contributed by atoms with Gasteiger partial charge in [-0.3, -0.25) is 0 Å². The Balaban J connectivity index is 1.42. The van der Waals surface area contributed by atoms with E-state index in [0.717, 1.165) is 77.8 Å². The van der Waals surface area contributed by atoms with Gasteiger partial charge in [0.2, 0.25) is 0 Å². The molecule has 0 radical (unpaired) electrons. The number of rotatable bonds is 6. The Morgan fingerprint density at radius 2 is 0.855 bits per heavy atom. The SMILES string of the molecule is N#Cc1ccc(-c2cc(-c3nc(-c4ccccc4)cc(-c4ccccc4)n3)cc(-c3ccc(C#N)cc3)c2-n2c3ccccc3c3cc(C#N)ccc32)cc1. The van der Waals surface area contributed by atoms with Gasteiger partial charge in [0.05, 0.1) is 63.0 Å². The average molecular weight is 701 g/mol. The second kappa shape index (κ2) is 13.8. The van der Waals surface area contributed by atoms with Gasteiger partial charge in [-0.15, -0.1) is 0 Å². The van der Waals surface area contributed by atoms with Crippen LogP contribution in [-0.2, 0) is 0 Å². The molecule has 0 N–H and O–H groups in total. The van der Waals surface area contributed by atoms with Gasteiger partial charge in [0.1, 0.15) is 0 Å². The number of nitriles is 3. The van der Waals surface area contributed by atoms with Crippen LogP contribution in [0.15, 0.2) is 170 Å². The third-order valence-corrected chi connectivity index (χ3v) is 9.91. The van der Waals surface area contributed by atoms with Crippen molar-refractivity contribution in [1.29, 1.82) is 15.8 Å². The fourth-order valence-corrected chi connectivity index (χ4v) is 7.27.